The highest BCUT2D eigenvalue weighted by Gasteiger charge is 2.49. The minimum absolute atomic E-state index is 0.101. The molecule has 0 spiro atoms. The molecule has 1 fully saturated rings. The number of nitrogens with zero attached hydrogens (tertiary/aromatic N) is 2. The first kappa shape index (κ1) is 19.0. The number of hydrazone groups is 1. The van der Waals surface area contributed by atoms with Gasteiger partial charge in [0.1, 0.15) is 23.1 Å². The number of carbonyl (C=O) groups is 2. The quantitative estimate of drug-likeness (QED) is 0.625. The van der Waals surface area contributed by atoms with Gasteiger partial charge in [0.2, 0.25) is 0 Å². The summed E-state index contributed by atoms with van der Waals surface area (Å²) in [5, 5.41) is 7.77. The number of rotatable bonds is 5. The van der Waals surface area contributed by atoms with Gasteiger partial charge in [-0.05, 0) is 38.5 Å². The van der Waals surface area contributed by atoms with Crippen molar-refractivity contribution in [3.05, 3.63) is 59.2 Å². The molecule has 0 aliphatic carbocycles. The van der Waals surface area contributed by atoms with Crippen molar-refractivity contribution in [1.82, 2.24) is 10.3 Å². The highest BCUT2D eigenvalue weighted by atomic mass is 16.5. The Morgan fingerprint density at radius 1 is 1.31 bits per heavy atom. The zero-order valence-corrected chi connectivity index (χ0v) is 16.6. The summed E-state index contributed by atoms with van der Waals surface area (Å²) in [6.45, 7) is 6.07. The first-order chi connectivity index (χ1) is 13.9. The molecule has 7 nitrogen and oxygen atoms in total. The maximum absolute atomic E-state index is 13.0. The van der Waals surface area contributed by atoms with Crippen LogP contribution >= 0.6 is 0 Å². The standard InChI is InChI=1S/C22H23N3O4/c1-4-28-18-11-15-10-14(2)29-19(15)12-16(18)13-23-25-20(26)22(3,24-21(25)27)17-8-6-5-7-9-17/h5-9,11-14H,4,10H2,1-3H3,(H,24,27)/b23-13-/t14-,22+/m0/s1. The second-order valence-electron chi connectivity index (χ2n) is 7.35. The summed E-state index contributed by atoms with van der Waals surface area (Å²) < 4.78 is 11.5. The van der Waals surface area contributed by atoms with E-state index in [1.165, 1.54) is 6.21 Å². The monoisotopic (exact) mass is 393 g/mol. The van der Waals surface area contributed by atoms with Crippen molar-refractivity contribution in [1.29, 1.82) is 0 Å². The number of imide groups is 1. The number of carbonyl (C=O) groups excluding carboxylic acids is 2. The van der Waals surface area contributed by atoms with E-state index in [1.807, 2.05) is 44.2 Å². The molecule has 0 radical (unpaired) electrons. The van der Waals surface area contributed by atoms with E-state index in [9.17, 15) is 9.59 Å². The second kappa shape index (κ2) is 7.24. The van der Waals surface area contributed by atoms with Crippen molar-refractivity contribution < 1.29 is 19.1 Å². The van der Waals surface area contributed by atoms with Gasteiger partial charge in [-0.3, -0.25) is 4.79 Å². The summed E-state index contributed by atoms with van der Waals surface area (Å²) in [5.41, 5.74) is 1.26. The Bertz CT molecular complexity index is 989. The Morgan fingerprint density at radius 3 is 2.79 bits per heavy atom. The highest BCUT2D eigenvalue weighted by molar-refractivity contribution is 6.07. The van der Waals surface area contributed by atoms with Crippen LogP contribution in [0.1, 0.15) is 37.5 Å². The molecule has 2 heterocycles. The average Bonchev–Trinajstić information content (AvgIpc) is 3.17. The van der Waals surface area contributed by atoms with Crippen molar-refractivity contribution in [3.8, 4) is 11.5 Å². The van der Waals surface area contributed by atoms with Crippen LogP contribution in [0.15, 0.2) is 47.6 Å². The van der Waals surface area contributed by atoms with E-state index in [1.54, 1.807) is 19.1 Å². The Kier molecular flexibility index (Phi) is 4.74. The molecule has 0 bridgehead atoms. The summed E-state index contributed by atoms with van der Waals surface area (Å²) in [6, 6.07) is 12.3. The van der Waals surface area contributed by atoms with E-state index < -0.39 is 17.5 Å². The Balaban J connectivity index is 1.63. The lowest BCUT2D eigenvalue weighted by Crippen LogP contribution is -2.40. The first-order valence-corrected chi connectivity index (χ1v) is 9.65. The van der Waals surface area contributed by atoms with Crippen molar-refractivity contribution >= 4 is 18.2 Å². The zero-order chi connectivity index (χ0) is 20.6. The topological polar surface area (TPSA) is 80.2 Å². The van der Waals surface area contributed by atoms with Crippen LogP contribution in [0.5, 0.6) is 11.5 Å². The van der Waals surface area contributed by atoms with Gasteiger partial charge < -0.3 is 14.8 Å². The van der Waals surface area contributed by atoms with Crippen LogP contribution in [-0.4, -0.2) is 35.9 Å². The minimum Gasteiger partial charge on any atom is -0.493 e. The van der Waals surface area contributed by atoms with Crippen LogP contribution in [0.25, 0.3) is 0 Å². The van der Waals surface area contributed by atoms with E-state index in [0.29, 0.717) is 23.5 Å². The summed E-state index contributed by atoms with van der Waals surface area (Å²) in [4.78, 5) is 25.4. The minimum atomic E-state index is -1.16. The van der Waals surface area contributed by atoms with E-state index in [0.717, 1.165) is 22.7 Å². The molecule has 0 saturated carbocycles. The van der Waals surface area contributed by atoms with Crippen LogP contribution in [0.4, 0.5) is 4.79 Å². The first-order valence-electron chi connectivity index (χ1n) is 9.65. The number of hydrogen-bond acceptors (Lipinski definition) is 5. The van der Waals surface area contributed by atoms with Gasteiger partial charge in [-0.2, -0.15) is 5.10 Å². The van der Waals surface area contributed by atoms with Crippen molar-refractivity contribution in [2.75, 3.05) is 6.61 Å². The smallest absolute Gasteiger partial charge is 0.346 e. The summed E-state index contributed by atoms with van der Waals surface area (Å²) in [5.74, 6) is 0.980. The van der Waals surface area contributed by atoms with Gasteiger partial charge in [-0.1, -0.05) is 30.3 Å². The fourth-order valence-corrected chi connectivity index (χ4v) is 3.65. The maximum atomic E-state index is 13.0. The number of hydrogen-bond donors (Lipinski definition) is 1. The highest BCUT2D eigenvalue weighted by Crippen LogP contribution is 2.35. The molecule has 7 heteroatoms. The van der Waals surface area contributed by atoms with Crippen LogP contribution < -0.4 is 14.8 Å². The van der Waals surface area contributed by atoms with Gasteiger partial charge in [-0.15, -0.1) is 5.01 Å². The Labute approximate surface area is 169 Å². The lowest BCUT2D eigenvalue weighted by atomic mass is 9.92. The van der Waals surface area contributed by atoms with E-state index in [-0.39, 0.29) is 6.10 Å². The summed E-state index contributed by atoms with van der Waals surface area (Å²) >= 11 is 0. The molecule has 1 saturated heterocycles. The fraction of sp³-hybridized carbons (Fsp3) is 0.318. The predicted molar refractivity (Wildman–Crippen MR) is 108 cm³/mol. The molecule has 2 aromatic rings. The summed E-state index contributed by atoms with van der Waals surface area (Å²) in [7, 11) is 0. The van der Waals surface area contributed by atoms with Crippen LogP contribution in [0.3, 0.4) is 0 Å². The van der Waals surface area contributed by atoms with Crippen molar-refractivity contribution in [3.63, 3.8) is 0 Å². The van der Waals surface area contributed by atoms with E-state index in [2.05, 4.69) is 10.4 Å². The molecule has 4 rings (SSSR count). The van der Waals surface area contributed by atoms with Crippen LogP contribution in [-0.2, 0) is 16.8 Å². The maximum Gasteiger partial charge on any atom is 0.346 e. The van der Waals surface area contributed by atoms with Gasteiger partial charge in [0, 0.05) is 17.5 Å². The summed E-state index contributed by atoms with van der Waals surface area (Å²) in [6.07, 6.45) is 2.38. The fourth-order valence-electron chi connectivity index (χ4n) is 3.65. The molecular weight excluding hydrogens is 370 g/mol. The average molecular weight is 393 g/mol. The van der Waals surface area contributed by atoms with Crippen LogP contribution in [0.2, 0.25) is 0 Å². The molecule has 3 amide bonds. The third kappa shape index (κ3) is 3.33. The van der Waals surface area contributed by atoms with Gasteiger partial charge in [0.15, 0.2) is 0 Å². The van der Waals surface area contributed by atoms with Gasteiger partial charge >= 0.3 is 6.03 Å². The molecule has 2 aliphatic rings. The molecule has 0 unspecified atom stereocenters. The van der Waals surface area contributed by atoms with Crippen LogP contribution in [0, 0.1) is 0 Å². The van der Waals surface area contributed by atoms with E-state index in [4.69, 9.17) is 9.47 Å². The number of amides is 3. The number of fused-ring (bicyclic) bond motifs is 1. The molecular formula is C22H23N3O4. The molecule has 1 N–H and O–H groups in total. The molecule has 2 atom stereocenters. The SMILES string of the molecule is CCOc1cc2c(cc1/C=N\N1C(=O)N[C@](C)(c3ccccc3)C1=O)O[C@@H](C)C2. The normalized spacial score (nSPS) is 23.3. The van der Waals surface area contributed by atoms with Gasteiger partial charge in [0.25, 0.3) is 5.91 Å². The Hall–Kier alpha value is -3.35. The number of benzene rings is 2. The zero-order valence-electron chi connectivity index (χ0n) is 16.6. The number of ether oxygens (including phenoxy) is 2. The molecule has 150 valence electrons. The molecule has 29 heavy (non-hydrogen) atoms. The second-order valence-corrected chi connectivity index (χ2v) is 7.35. The largest absolute Gasteiger partial charge is 0.493 e. The van der Waals surface area contributed by atoms with Gasteiger partial charge in [0.05, 0.1) is 12.8 Å². The number of urea groups is 1. The molecule has 2 aromatic carbocycles. The van der Waals surface area contributed by atoms with Gasteiger partial charge in [-0.25, -0.2) is 4.79 Å². The lowest BCUT2D eigenvalue weighted by molar-refractivity contribution is -0.131. The third-order valence-electron chi connectivity index (χ3n) is 5.16. The van der Waals surface area contributed by atoms with Crippen molar-refractivity contribution in [2.24, 2.45) is 5.10 Å². The third-order valence-corrected chi connectivity index (χ3v) is 5.16. The molecule has 0 aromatic heterocycles. The molecule has 2 aliphatic heterocycles. The number of nitrogens with one attached hydrogen (secondary N) is 1. The Morgan fingerprint density at radius 2 is 2.07 bits per heavy atom. The lowest BCUT2D eigenvalue weighted by Gasteiger charge is -2.21. The van der Waals surface area contributed by atoms with Crippen molar-refractivity contribution in [2.45, 2.75) is 38.8 Å². The van der Waals surface area contributed by atoms with E-state index >= 15 is 0 Å². The predicted octanol–water partition coefficient (Wildman–Crippen LogP) is 3.21.